The summed E-state index contributed by atoms with van der Waals surface area (Å²) >= 11 is 0. The molecule has 0 saturated carbocycles. The van der Waals surface area contributed by atoms with E-state index in [1.807, 2.05) is 20.0 Å². The fraction of sp³-hybridized carbons (Fsp3) is 0.471. The van der Waals surface area contributed by atoms with Gasteiger partial charge >= 0.3 is 0 Å². The number of hydrogen-bond donors (Lipinski definition) is 2. The predicted molar refractivity (Wildman–Crippen MR) is 94.8 cm³/mol. The number of nitrogens with zero attached hydrogens (tertiary/aromatic N) is 3. The first-order chi connectivity index (χ1) is 12.2. The highest BCUT2D eigenvalue weighted by Gasteiger charge is 2.08. The van der Waals surface area contributed by atoms with Crippen LogP contribution in [0.5, 0.6) is 11.5 Å². The highest BCUT2D eigenvalue weighted by Crippen LogP contribution is 2.30. The molecule has 8 heteroatoms. The lowest BCUT2D eigenvalue weighted by atomic mass is 10.2. The number of amides is 1. The number of ether oxygens (including phenoxy) is 2. The van der Waals surface area contributed by atoms with Gasteiger partial charge in [0.25, 0.3) is 0 Å². The second-order valence-electron chi connectivity index (χ2n) is 5.34. The molecule has 0 saturated heterocycles. The third-order valence-corrected chi connectivity index (χ3v) is 3.49. The predicted octanol–water partition coefficient (Wildman–Crippen LogP) is 1.82. The van der Waals surface area contributed by atoms with Crippen LogP contribution < -0.4 is 20.1 Å². The molecule has 2 rings (SSSR count). The first kappa shape index (κ1) is 18.7. The molecule has 0 aliphatic heterocycles. The van der Waals surface area contributed by atoms with Gasteiger partial charge in [-0.1, -0.05) is 5.21 Å². The Kier molecular flexibility index (Phi) is 7.21. The molecule has 1 aromatic carbocycles. The maximum absolute atomic E-state index is 12.0. The minimum absolute atomic E-state index is 0.0732. The zero-order chi connectivity index (χ0) is 18.1. The van der Waals surface area contributed by atoms with Gasteiger partial charge in [-0.15, -0.1) is 5.10 Å². The van der Waals surface area contributed by atoms with Crippen LogP contribution in [0.1, 0.15) is 26.0 Å². The van der Waals surface area contributed by atoms with Crippen molar-refractivity contribution >= 4 is 11.6 Å². The van der Waals surface area contributed by atoms with Gasteiger partial charge in [-0.3, -0.25) is 9.48 Å². The van der Waals surface area contributed by atoms with Gasteiger partial charge in [-0.05, 0) is 26.0 Å². The van der Waals surface area contributed by atoms with E-state index < -0.39 is 0 Å². The maximum atomic E-state index is 12.0. The smallest absolute Gasteiger partial charge is 0.225 e. The molecule has 0 radical (unpaired) electrons. The van der Waals surface area contributed by atoms with E-state index in [-0.39, 0.29) is 5.91 Å². The van der Waals surface area contributed by atoms with Gasteiger partial charge < -0.3 is 20.1 Å². The van der Waals surface area contributed by atoms with Crippen molar-refractivity contribution in [3.8, 4) is 11.5 Å². The Balaban J connectivity index is 1.76. The first-order valence-corrected chi connectivity index (χ1v) is 8.36. The van der Waals surface area contributed by atoms with E-state index in [4.69, 9.17) is 9.47 Å². The van der Waals surface area contributed by atoms with Gasteiger partial charge in [0.15, 0.2) is 11.5 Å². The van der Waals surface area contributed by atoms with Crippen molar-refractivity contribution in [1.82, 2.24) is 20.3 Å². The van der Waals surface area contributed by atoms with Crippen LogP contribution in [0, 0.1) is 0 Å². The van der Waals surface area contributed by atoms with Gasteiger partial charge in [0, 0.05) is 44.0 Å². The van der Waals surface area contributed by atoms with E-state index in [1.54, 1.807) is 30.0 Å². The maximum Gasteiger partial charge on any atom is 0.225 e. The highest BCUT2D eigenvalue weighted by atomic mass is 16.5. The lowest BCUT2D eigenvalue weighted by Crippen LogP contribution is -2.21. The van der Waals surface area contributed by atoms with Crippen molar-refractivity contribution in [3.63, 3.8) is 0 Å². The van der Waals surface area contributed by atoms with Crippen LogP contribution in [-0.2, 0) is 17.9 Å². The number of aryl methyl sites for hydroxylation is 1. The summed E-state index contributed by atoms with van der Waals surface area (Å²) in [6.45, 7) is 6.40. The van der Waals surface area contributed by atoms with Gasteiger partial charge in [0.1, 0.15) is 0 Å². The fourth-order valence-electron chi connectivity index (χ4n) is 2.24. The molecule has 0 spiro atoms. The molecule has 2 N–H and O–H groups in total. The lowest BCUT2D eigenvalue weighted by molar-refractivity contribution is -0.116. The van der Waals surface area contributed by atoms with E-state index in [1.165, 1.54) is 0 Å². The number of hydrogen-bond acceptors (Lipinski definition) is 6. The molecule has 0 aliphatic carbocycles. The van der Waals surface area contributed by atoms with E-state index in [0.717, 1.165) is 12.2 Å². The first-order valence-electron chi connectivity index (χ1n) is 8.36. The second kappa shape index (κ2) is 9.63. The van der Waals surface area contributed by atoms with Crippen molar-refractivity contribution in [2.75, 3.05) is 25.6 Å². The Hall–Kier alpha value is -2.61. The number of nitrogens with one attached hydrogen (secondary N) is 2. The molecular weight excluding hydrogens is 322 g/mol. The Morgan fingerprint density at radius 1 is 1.28 bits per heavy atom. The number of methoxy groups -OCH3 is 1. The number of rotatable bonds is 10. The molecule has 8 nitrogen and oxygen atoms in total. The van der Waals surface area contributed by atoms with Crippen molar-refractivity contribution in [3.05, 3.63) is 30.1 Å². The van der Waals surface area contributed by atoms with Crippen LogP contribution >= 0.6 is 0 Å². The average Bonchev–Trinajstić information content (AvgIpc) is 3.08. The number of benzene rings is 1. The monoisotopic (exact) mass is 347 g/mol. The highest BCUT2D eigenvalue weighted by molar-refractivity contribution is 5.91. The quantitative estimate of drug-likeness (QED) is 0.637. The minimum Gasteiger partial charge on any atom is -0.493 e. The largest absolute Gasteiger partial charge is 0.493 e. The van der Waals surface area contributed by atoms with Crippen LogP contribution in [0.3, 0.4) is 0 Å². The van der Waals surface area contributed by atoms with Gasteiger partial charge in [0.2, 0.25) is 5.91 Å². The van der Waals surface area contributed by atoms with Crippen molar-refractivity contribution in [2.45, 2.75) is 33.4 Å². The molecule has 2 aromatic rings. The molecule has 1 aromatic heterocycles. The number of carbonyl (C=O) groups is 1. The summed E-state index contributed by atoms with van der Waals surface area (Å²) in [6.07, 6.45) is 2.25. The molecular formula is C17H25N5O3. The van der Waals surface area contributed by atoms with E-state index in [9.17, 15) is 4.79 Å². The van der Waals surface area contributed by atoms with Gasteiger partial charge in [-0.25, -0.2) is 0 Å². The van der Waals surface area contributed by atoms with Crippen LogP contribution in [-0.4, -0.2) is 41.2 Å². The topological polar surface area (TPSA) is 90.3 Å². The summed E-state index contributed by atoms with van der Waals surface area (Å²) in [6, 6.07) is 5.33. The van der Waals surface area contributed by atoms with Gasteiger partial charge in [-0.2, -0.15) is 0 Å². The van der Waals surface area contributed by atoms with Gasteiger partial charge in [0.05, 0.1) is 19.4 Å². The standard InChI is InChI=1S/C17H25N5O3/c1-4-22-12-14(20-21-22)11-18-9-8-17(23)19-13-6-7-15(25-5-2)16(10-13)24-3/h6-7,10,12,18H,4-5,8-9,11H2,1-3H3,(H,19,23). The van der Waals surface area contributed by atoms with E-state index in [0.29, 0.717) is 43.3 Å². The molecule has 0 fully saturated rings. The number of carbonyl (C=O) groups excluding carboxylic acids is 1. The number of anilines is 1. The lowest BCUT2D eigenvalue weighted by Gasteiger charge is -2.11. The van der Waals surface area contributed by atoms with Crippen molar-refractivity contribution in [1.29, 1.82) is 0 Å². The summed E-state index contributed by atoms with van der Waals surface area (Å²) in [5.74, 6) is 1.18. The molecule has 25 heavy (non-hydrogen) atoms. The fourth-order valence-corrected chi connectivity index (χ4v) is 2.24. The Morgan fingerprint density at radius 2 is 2.12 bits per heavy atom. The van der Waals surface area contributed by atoms with Crippen LogP contribution in [0.25, 0.3) is 0 Å². The SMILES string of the molecule is CCOc1ccc(NC(=O)CCNCc2cn(CC)nn2)cc1OC. The third kappa shape index (κ3) is 5.75. The average molecular weight is 347 g/mol. The molecule has 0 aliphatic rings. The number of aromatic nitrogens is 3. The zero-order valence-electron chi connectivity index (χ0n) is 14.9. The van der Waals surface area contributed by atoms with Crippen LogP contribution in [0.2, 0.25) is 0 Å². The van der Waals surface area contributed by atoms with E-state index >= 15 is 0 Å². The summed E-state index contributed by atoms with van der Waals surface area (Å²) in [5, 5.41) is 14.0. The zero-order valence-corrected chi connectivity index (χ0v) is 14.9. The Labute approximate surface area is 147 Å². The van der Waals surface area contributed by atoms with E-state index in [2.05, 4.69) is 20.9 Å². The molecule has 1 heterocycles. The van der Waals surface area contributed by atoms with Crippen molar-refractivity contribution in [2.24, 2.45) is 0 Å². The van der Waals surface area contributed by atoms with Crippen LogP contribution in [0.15, 0.2) is 24.4 Å². The molecule has 136 valence electrons. The molecule has 0 bridgehead atoms. The normalized spacial score (nSPS) is 10.5. The summed E-state index contributed by atoms with van der Waals surface area (Å²) in [7, 11) is 1.57. The minimum atomic E-state index is -0.0732. The summed E-state index contributed by atoms with van der Waals surface area (Å²) < 4.78 is 12.5. The molecule has 0 atom stereocenters. The second-order valence-corrected chi connectivity index (χ2v) is 5.34. The Bertz CT molecular complexity index is 687. The molecule has 1 amide bonds. The summed E-state index contributed by atoms with van der Waals surface area (Å²) in [4.78, 5) is 12.0. The summed E-state index contributed by atoms with van der Waals surface area (Å²) in [5.41, 5.74) is 1.54. The Morgan fingerprint density at radius 3 is 2.80 bits per heavy atom. The molecule has 0 unspecified atom stereocenters. The third-order valence-electron chi connectivity index (χ3n) is 3.49. The van der Waals surface area contributed by atoms with Crippen molar-refractivity contribution < 1.29 is 14.3 Å². The van der Waals surface area contributed by atoms with Crippen LogP contribution in [0.4, 0.5) is 5.69 Å².